The molecule has 1 unspecified atom stereocenters. The standard InChI is InChI=1S/C27H29N7/c1-17(18-2-3-18)33-11-10-32(16-24(33)19-4-5-19)27-21(13-28)12-22(26(31-27)20-6-7-20)23-14-30-25-15-29-8-9-34(23)25/h8-9,12,14-15,18-20,24H,1-7,10-11,16H2. The van der Waals surface area contributed by atoms with E-state index < -0.39 is 0 Å². The van der Waals surface area contributed by atoms with Gasteiger partial charge < -0.3 is 9.80 Å². The van der Waals surface area contributed by atoms with Crippen LogP contribution in [-0.4, -0.2) is 49.9 Å². The smallest absolute Gasteiger partial charge is 0.155 e. The van der Waals surface area contributed by atoms with E-state index in [1.165, 1.54) is 31.4 Å². The molecule has 3 aromatic rings. The third kappa shape index (κ3) is 3.35. The fourth-order valence-electron chi connectivity index (χ4n) is 5.65. The Labute approximate surface area is 199 Å². The molecule has 4 aliphatic rings. The summed E-state index contributed by atoms with van der Waals surface area (Å²) in [5.74, 6) is 2.77. The number of hydrogen-bond donors (Lipinski definition) is 0. The summed E-state index contributed by atoms with van der Waals surface area (Å²) in [4.78, 5) is 18.9. The van der Waals surface area contributed by atoms with Crippen LogP contribution in [0, 0.1) is 23.2 Å². The van der Waals surface area contributed by atoms with Gasteiger partial charge in [0.25, 0.3) is 0 Å². The highest BCUT2D eigenvalue weighted by Gasteiger charge is 2.42. The van der Waals surface area contributed by atoms with Gasteiger partial charge in [-0.05, 0) is 56.4 Å². The lowest BCUT2D eigenvalue weighted by Crippen LogP contribution is -2.54. The average Bonchev–Trinajstić information content (AvgIpc) is 3.73. The lowest BCUT2D eigenvalue weighted by atomic mass is 10.0. The summed E-state index contributed by atoms with van der Waals surface area (Å²) < 4.78 is 2.04. The Hall–Kier alpha value is -3.40. The average molecular weight is 452 g/mol. The number of nitrogens with zero attached hydrogens (tertiary/aromatic N) is 7. The Kier molecular flexibility index (Phi) is 4.45. The maximum atomic E-state index is 10.2. The minimum atomic E-state index is 0.462. The Bertz CT molecular complexity index is 1320. The highest BCUT2D eigenvalue weighted by atomic mass is 15.3. The zero-order valence-electron chi connectivity index (χ0n) is 19.4. The zero-order chi connectivity index (χ0) is 22.8. The monoisotopic (exact) mass is 451 g/mol. The van der Waals surface area contributed by atoms with Gasteiger partial charge in [-0.1, -0.05) is 6.58 Å². The van der Waals surface area contributed by atoms with Gasteiger partial charge in [-0.2, -0.15) is 5.26 Å². The SMILES string of the molecule is C=C(C1CC1)N1CCN(c2nc(C3CC3)c(-c3cnc4cnccn34)cc2C#N)CC1C1CC1. The van der Waals surface area contributed by atoms with Crippen LogP contribution >= 0.6 is 0 Å². The maximum absolute atomic E-state index is 10.2. The van der Waals surface area contributed by atoms with Crippen molar-refractivity contribution in [1.82, 2.24) is 24.3 Å². The fourth-order valence-corrected chi connectivity index (χ4v) is 5.65. The van der Waals surface area contributed by atoms with Crippen LogP contribution in [0.25, 0.3) is 16.9 Å². The summed E-state index contributed by atoms with van der Waals surface area (Å²) in [7, 11) is 0. The Morgan fingerprint density at radius 3 is 2.68 bits per heavy atom. The van der Waals surface area contributed by atoms with Crippen LogP contribution in [0.15, 0.2) is 43.1 Å². The molecule has 7 rings (SSSR count). The van der Waals surface area contributed by atoms with E-state index in [1.807, 2.05) is 16.8 Å². The molecule has 172 valence electrons. The van der Waals surface area contributed by atoms with Gasteiger partial charge in [0.1, 0.15) is 11.9 Å². The van der Waals surface area contributed by atoms with Gasteiger partial charge in [0.2, 0.25) is 0 Å². The first kappa shape index (κ1) is 20.0. The lowest BCUT2D eigenvalue weighted by molar-refractivity contribution is 0.196. The number of allylic oxidation sites excluding steroid dienone is 1. The quantitative estimate of drug-likeness (QED) is 0.554. The molecule has 3 saturated carbocycles. The topological polar surface area (TPSA) is 73.3 Å². The predicted molar refractivity (Wildman–Crippen MR) is 130 cm³/mol. The molecular formula is C27H29N7. The molecule has 0 aromatic carbocycles. The minimum Gasteiger partial charge on any atom is -0.368 e. The maximum Gasteiger partial charge on any atom is 0.155 e. The second kappa shape index (κ2) is 7.56. The summed E-state index contributed by atoms with van der Waals surface area (Å²) in [6, 6.07) is 5.02. The minimum absolute atomic E-state index is 0.462. The van der Waals surface area contributed by atoms with Crippen molar-refractivity contribution in [2.45, 2.75) is 50.5 Å². The van der Waals surface area contributed by atoms with Gasteiger partial charge in [-0.25, -0.2) is 9.97 Å². The van der Waals surface area contributed by atoms with Gasteiger partial charge >= 0.3 is 0 Å². The van der Waals surface area contributed by atoms with Crippen molar-refractivity contribution < 1.29 is 0 Å². The number of hydrogen-bond acceptors (Lipinski definition) is 6. The molecule has 0 bridgehead atoms. The Morgan fingerprint density at radius 1 is 1.09 bits per heavy atom. The molecule has 0 spiro atoms. The summed E-state index contributed by atoms with van der Waals surface area (Å²) in [5, 5.41) is 10.2. The van der Waals surface area contributed by atoms with Crippen molar-refractivity contribution in [3.8, 4) is 17.3 Å². The normalized spacial score (nSPS) is 22.7. The molecule has 1 aliphatic heterocycles. The van der Waals surface area contributed by atoms with E-state index in [4.69, 9.17) is 4.98 Å². The van der Waals surface area contributed by atoms with Crippen LogP contribution in [0.5, 0.6) is 0 Å². The van der Waals surface area contributed by atoms with E-state index in [2.05, 4.69) is 38.5 Å². The third-order valence-electron chi connectivity index (χ3n) is 8.01. The third-order valence-corrected chi connectivity index (χ3v) is 8.01. The van der Waals surface area contributed by atoms with Crippen LogP contribution in [0.2, 0.25) is 0 Å². The van der Waals surface area contributed by atoms with Gasteiger partial charge in [-0.15, -0.1) is 0 Å². The Balaban J connectivity index is 1.27. The Morgan fingerprint density at radius 2 is 1.94 bits per heavy atom. The molecule has 7 nitrogen and oxygen atoms in total. The van der Waals surface area contributed by atoms with Crippen molar-refractivity contribution in [3.63, 3.8) is 0 Å². The number of nitriles is 1. The van der Waals surface area contributed by atoms with Gasteiger partial charge in [0, 0.05) is 55.2 Å². The molecule has 1 atom stereocenters. The van der Waals surface area contributed by atoms with Crippen LogP contribution in [0.1, 0.15) is 55.7 Å². The number of piperazine rings is 1. The van der Waals surface area contributed by atoms with Gasteiger partial charge in [0.15, 0.2) is 5.65 Å². The van der Waals surface area contributed by atoms with Crippen LogP contribution in [-0.2, 0) is 0 Å². The van der Waals surface area contributed by atoms with Crippen molar-refractivity contribution in [2.24, 2.45) is 11.8 Å². The second-order valence-electron chi connectivity index (χ2n) is 10.4. The molecule has 4 fully saturated rings. The highest BCUT2D eigenvalue weighted by Crippen LogP contribution is 2.46. The number of aromatic nitrogens is 4. The predicted octanol–water partition coefficient (Wildman–Crippen LogP) is 4.36. The van der Waals surface area contributed by atoms with E-state index in [0.717, 1.165) is 66.8 Å². The number of imidazole rings is 1. The van der Waals surface area contributed by atoms with Gasteiger partial charge in [0.05, 0.1) is 29.3 Å². The van der Waals surface area contributed by atoms with E-state index >= 15 is 0 Å². The lowest BCUT2D eigenvalue weighted by Gasteiger charge is -2.45. The number of fused-ring (bicyclic) bond motifs is 1. The van der Waals surface area contributed by atoms with E-state index in [1.54, 1.807) is 12.4 Å². The molecule has 1 saturated heterocycles. The van der Waals surface area contributed by atoms with E-state index in [-0.39, 0.29) is 0 Å². The molecule has 0 N–H and O–H groups in total. The molecule has 3 aliphatic carbocycles. The van der Waals surface area contributed by atoms with Crippen LogP contribution < -0.4 is 4.90 Å². The van der Waals surface area contributed by atoms with Crippen molar-refractivity contribution >= 4 is 11.5 Å². The molecule has 0 radical (unpaired) electrons. The first-order valence-corrected chi connectivity index (χ1v) is 12.6. The fraction of sp³-hybridized carbons (Fsp3) is 0.481. The molecular weight excluding hydrogens is 422 g/mol. The summed E-state index contributed by atoms with van der Waals surface area (Å²) in [6.07, 6.45) is 14.9. The second-order valence-corrected chi connectivity index (χ2v) is 10.4. The summed E-state index contributed by atoms with van der Waals surface area (Å²) >= 11 is 0. The highest BCUT2D eigenvalue weighted by molar-refractivity contribution is 5.72. The van der Waals surface area contributed by atoms with Crippen molar-refractivity contribution in [2.75, 3.05) is 24.5 Å². The molecule has 7 heteroatoms. The molecule has 0 amide bonds. The number of pyridine rings is 1. The van der Waals surface area contributed by atoms with Crippen LogP contribution in [0.3, 0.4) is 0 Å². The number of rotatable bonds is 6. The molecule has 3 aromatic heterocycles. The first-order chi connectivity index (χ1) is 16.7. The first-order valence-electron chi connectivity index (χ1n) is 12.6. The number of anilines is 1. The largest absolute Gasteiger partial charge is 0.368 e. The van der Waals surface area contributed by atoms with Crippen molar-refractivity contribution in [1.29, 1.82) is 5.26 Å². The summed E-state index contributed by atoms with van der Waals surface area (Å²) in [5.41, 5.74) is 5.94. The van der Waals surface area contributed by atoms with E-state index in [9.17, 15) is 5.26 Å². The van der Waals surface area contributed by atoms with Crippen molar-refractivity contribution in [3.05, 3.63) is 54.4 Å². The zero-order valence-corrected chi connectivity index (χ0v) is 19.4. The molecule has 34 heavy (non-hydrogen) atoms. The van der Waals surface area contributed by atoms with Gasteiger partial charge in [-0.3, -0.25) is 9.38 Å². The summed E-state index contributed by atoms with van der Waals surface area (Å²) in [6.45, 7) is 7.27. The van der Waals surface area contributed by atoms with E-state index in [0.29, 0.717) is 23.4 Å². The molecule has 4 heterocycles. The van der Waals surface area contributed by atoms with Crippen LogP contribution in [0.4, 0.5) is 5.82 Å².